The predicted octanol–water partition coefficient (Wildman–Crippen LogP) is 6.45. The van der Waals surface area contributed by atoms with E-state index in [9.17, 15) is 0 Å². The summed E-state index contributed by atoms with van der Waals surface area (Å²) in [6, 6.07) is 11.5. The van der Waals surface area contributed by atoms with Crippen LogP contribution < -0.4 is 4.57 Å². The molecule has 0 N–H and O–H groups in total. The van der Waals surface area contributed by atoms with Crippen LogP contribution in [0.2, 0.25) is 0 Å². The van der Waals surface area contributed by atoms with Crippen molar-refractivity contribution in [2.75, 3.05) is 0 Å². The number of aryl methyl sites for hydroxylation is 3. The van der Waals surface area contributed by atoms with E-state index in [2.05, 4.69) is 83.5 Å². The van der Waals surface area contributed by atoms with Gasteiger partial charge in [0.05, 0.1) is 7.05 Å². The van der Waals surface area contributed by atoms with E-state index < -0.39 is 0 Å². The summed E-state index contributed by atoms with van der Waals surface area (Å²) in [5.74, 6) is 0. The van der Waals surface area contributed by atoms with Gasteiger partial charge in [-0.15, -0.1) is 11.3 Å². The first-order chi connectivity index (χ1) is 13.1. The van der Waals surface area contributed by atoms with Crippen LogP contribution in [0.25, 0.3) is 31.6 Å². The van der Waals surface area contributed by atoms with E-state index in [-0.39, 0.29) is 5.41 Å². The number of nitrogens with zero attached hydrogens (tertiary/aromatic N) is 2. The molecule has 28 heavy (non-hydrogen) atoms. The number of hydrogen-bond acceptors (Lipinski definition) is 2. The fraction of sp³-hybridized carbons (Fsp3) is 0.360. The van der Waals surface area contributed by atoms with Gasteiger partial charge in [-0.2, -0.15) is 0 Å². The molecule has 2 aromatic carbocycles. The maximum Gasteiger partial charge on any atom is 0.287 e. The maximum atomic E-state index is 4.81. The van der Waals surface area contributed by atoms with Crippen LogP contribution in [0.4, 0.5) is 0 Å². The van der Waals surface area contributed by atoms with Gasteiger partial charge in [0, 0.05) is 15.6 Å². The Kier molecular flexibility index (Phi) is 4.54. The van der Waals surface area contributed by atoms with E-state index in [0.29, 0.717) is 0 Å². The zero-order chi connectivity index (χ0) is 20.2. The highest BCUT2D eigenvalue weighted by molar-refractivity contribution is 7.26. The summed E-state index contributed by atoms with van der Waals surface area (Å²) < 4.78 is 4.79. The summed E-state index contributed by atoms with van der Waals surface area (Å²) >= 11 is 1.87. The van der Waals surface area contributed by atoms with E-state index in [1.54, 1.807) is 0 Å². The molecule has 0 unspecified atom stereocenters. The number of thiophene rings is 1. The average Bonchev–Trinajstić information content (AvgIpc) is 2.94. The first-order valence-electron chi connectivity index (χ1n) is 9.92. The van der Waals surface area contributed by atoms with Crippen molar-refractivity contribution < 1.29 is 4.57 Å². The lowest BCUT2D eigenvalue weighted by atomic mass is 9.88. The predicted molar refractivity (Wildman–Crippen MR) is 121 cm³/mol. The Morgan fingerprint density at radius 3 is 2.50 bits per heavy atom. The van der Waals surface area contributed by atoms with Crippen LogP contribution in [0.5, 0.6) is 0 Å². The minimum Gasteiger partial charge on any atom is -0.231 e. The van der Waals surface area contributed by atoms with Gasteiger partial charge in [0.2, 0.25) is 5.52 Å². The first-order valence-corrected chi connectivity index (χ1v) is 10.7. The van der Waals surface area contributed by atoms with Crippen molar-refractivity contribution in [2.24, 2.45) is 12.5 Å². The smallest absolute Gasteiger partial charge is 0.231 e. The zero-order valence-corrected chi connectivity index (χ0v) is 18.8. The van der Waals surface area contributed by atoms with Crippen molar-refractivity contribution >= 4 is 31.6 Å². The molecule has 3 heteroatoms. The molecule has 0 amide bonds. The fourth-order valence-electron chi connectivity index (χ4n) is 4.10. The molecule has 0 aliphatic rings. The van der Waals surface area contributed by atoms with Crippen molar-refractivity contribution in [3.63, 3.8) is 0 Å². The monoisotopic (exact) mass is 389 g/mol. The van der Waals surface area contributed by atoms with Gasteiger partial charge < -0.3 is 0 Å². The van der Waals surface area contributed by atoms with Crippen LogP contribution in [0, 0.1) is 26.2 Å². The molecule has 0 aliphatic heterocycles. The Balaban J connectivity index is 2.00. The molecule has 0 saturated carbocycles. The lowest BCUT2D eigenvalue weighted by Gasteiger charge is -2.17. The van der Waals surface area contributed by atoms with Crippen molar-refractivity contribution in [3.05, 3.63) is 58.9 Å². The number of aromatic nitrogens is 2. The standard InChI is InChI=1S/C25H29N2S/c1-15-10-16(2)17(3)20(11-15)23-24-22(26-14-27(23)7)19-9-8-18(12-21(19)28-24)13-25(4,5)6/h8-12,14H,13H2,1-7H3/q+1. The number of fused-ring (bicyclic) bond motifs is 3. The highest BCUT2D eigenvalue weighted by Crippen LogP contribution is 2.39. The summed E-state index contributed by atoms with van der Waals surface area (Å²) in [6.07, 6.45) is 3.05. The van der Waals surface area contributed by atoms with Gasteiger partial charge in [-0.25, -0.2) is 4.57 Å². The van der Waals surface area contributed by atoms with Crippen LogP contribution >= 0.6 is 11.3 Å². The Labute approximate surface area is 171 Å². The van der Waals surface area contributed by atoms with E-state index >= 15 is 0 Å². The molecule has 2 nitrogen and oxygen atoms in total. The second-order valence-electron chi connectivity index (χ2n) is 9.31. The van der Waals surface area contributed by atoms with Crippen LogP contribution in [0.3, 0.4) is 0 Å². The molecular formula is C25H29N2S+. The highest BCUT2D eigenvalue weighted by Gasteiger charge is 2.22. The van der Waals surface area contributed by atoms with Crippen LogP contribution in [0.1, 0.15) is 43.0 Å². The molecule has 0 saturated heterocycles. The first kappa shape index (κ1) is 19.1. The van der Waals surface area contributed by atoms with E-state index in [1.807, 2.05) is 17.7 Å². The molecule has 0 radical (unpaired) electrons. The van der Waals surface area contributed by atoms with Gasteiger partial charge in [0.25, 0.3) is 6.33 Å². The van der Waals surface area contributed by atoms with Crippen molar-refractivity contribution in [2.45, 2.75) is 48.0 Å². The molecule has 0 spiro atoms. The van der Waals surface area contributed by atoms with E-state index in [0.717, 1.165) is 11.9 Å². The molecule has 144 valence electrons. The summed E-state index contributed by atoms with van der Waals surface area (Å²) in [6.45, 7) is 13.5. The van der Waals surface area contributed by atoms with Gasteiger partial charge in [-0.3, -0.25) is 0 Å². The molecule has 4 aromatic rings. The summed E-state index contributed by atoms with van der Waals surface area (Å²) in [4.78, 5) is 4.81. The lowest BCUT2D eigenvalue weighted by Crippen LogP contribution is -2.31. The normalized spacial score (nSPS) is 12.2. The molecule has 0 atom stereocenters. The minimum absolute atomic E-state index is 0.288. The Hall–Kier alpha value is -2.26. The topological polar surface area (TPSA) is 16.8 Å². The molecule has 0 bridgehead atoms. The van der Waals surface area contributed by atoms with Crippen molar-refractivity contribution in [1.29, 1.82) is 0 Å². The van der Waals surface area contributed by atoms with E-state index in [1.165, 1.54) is 48.3 Å². The van der Waals surface area contributed by atoms with Crippen molar-refractivity contribution in [3.8, 4) is 11.3 Å². The minimum atomic E-state index is 0.288. The number of rotatable bonds is 2. The van der Waals surface area contributed by atoms with Crippen molar-refractivity contribution in [1.82, 2.24) is 4.98 Å². The molecule has 0 aliphatic carbocycles. The number of benzene rings is 2. The third-order valence-electron chi connectivity index (χ3n) is 5.46. The molecule has 2 heterocycles. The van der Waals surface area contributed by atoms with Gasteiger partial charge in [0.15, 0.2) is 5.69 Å². The van der Waals surface area contributed by atoms with E-state index in [4.69, 9.17) is 4.98 Å². The van der Waals surface area contributed by atoms with Crippen LogP contribution in [-0.4, -0.2) is 4.98 Å². The Morgan fingerprint density at radius 2 is 1.79 bits per heavy atom. The third-order valence-corrected chi connectivity index (χ3v) is 6.61. The van der Waals surface area contributed by atoms with Gasteiger partial charge in [0.1, 0.15) is 4.70 Å². The average molecular weight is 390 g/mol. The Bertz CT molecular complexity index is 1210. The van der Waals surface area contributed by atoms with Crippen LogP contribution in [-0.2, 0) is 13.5 Å². The van der Waals surface area contributed by atoms with Gasteiger partial charge in [-0.05, 0) is 72.5 Å². The number of hydrogen-bond donors (Lipinski definition) is 0. The van der Waals surface area contributed by atoms with Gasteiger partial charge in [-0.1, -0.05) is 38.5 Å². The zero-order valence-electron chi connectivity index (χ0n) is 18.0. The molecular weight excluding hydrogens is 360 g/mol. The highest BCUT2D eigenvalue weighted by atomic mass is 32.1. The molecule has 4 rings (SSSR count). The quantitative estimate of drug-likeness (QED) is 0.360. The second kappa shape index (κ2) is 6.66. The third kappa shape index (κ3) is 3.33. The molecule has 0 fully saturated rings. The summed E-state index contributed by atoms with van der Waals surface area (Å²) in [7, 11) is 2.11. The summed E-state index contributed by atoms with van der Waals surface area (Å²) in [5, 5.41) is 1.27. The summed E-state index contributed by atoms with van der Waals surface area (Å²) in [5.41, 5.74) is 9.39. The fourth-order valence-corrected chi connectivity index (χ4v) is 5.41. The lowest BCUT2D eigenvalue weighted by molar-refractivity contribution is -0.662. The Morgan fingerprint density at radius 1 is 1.04 bits per heavy atom. The SMILES string of the molecule is Cc1cc(C)c(C)c(-c2c3sc4cc(CC(C)(C)C)ccc4c3nc[n+]2C)c1. The van der Waals surface area contributed by atoms with Gasteiger partial charge >= 0.3 is 0 Å². The largest absolute Gasteiger partial charge is 0.287 e. The van der Waals surface area contributed by atoms with Crippen LogP contribution in [0.15, 0.2) is 36.7 Å². The maximum absolute atomic E-state index is 4.81. The second-order valence-corrected chi connectivity index (χ2v) is 10.4. The molecule has 2 aromatic heterocycles.